The number of nitrogens with zero attached hydrogens (tertiary/aromatic N) is 5. The van der Waals surface area contributed by atoms with Crippen LogP contribution in [0.4, 0.5) is 5.95 Å². The SMILES string of the molecule is CCCn1cc(-c2ccnc(NCc3nc(CC)cs3)n2)c(C)n1. The molecule has 3 aromatic heterocycles. The van der Waals surface area contributed by atoms with E-state index in [4.69, 9.17) is 0 Å². The van der Waals surface area contributed by atoms with Crippen LogP contribution >= 0.6 is 11.3 Å². The third-order valence-corrected chi connectivity index (χ3v) is 4.59. The van der Waals surface area contributed by atoms with Crippen LogP contribution < -0.4 is 5.32 Å². The number of anilines is 1. The summed E-state index contributed by atoms with van der Waals surface area (Å²) >= 11 is 1.66. The van der Waals surface area contributed by atoms with Crippen molar-refractivity contribution >= 4 is 17.3 Å². The topological polar surface area (TPSA) is 68.5 Å². The fourth-order valence-corrected chi connectivity index (χ4v) is 3.27. The van der Waals surface area contributed by atoms with Gasteiger partial charge in [0.2, 0.25) is 5.95 Å². The van der Waals surface area contributed by atoms with Crippen LogP contribution in [0.1, 0.15) is 36.7 Å². The summed E-state index contributed by atoms with van der Waals surface area (Å²) in [5.41, 5.74) is 4.06. The van der Waals surface area contributed by atoms with Gasteiger partial charge in [0.1, 0.15) is 5.01 Å². The van der Waals surface area contributed by atoms with Gasteiger partial charge in [-0.25, -0.2) is 15.0 Å². The van der Waals surface area contributed by atoms with E-state index in [0.29, 0.717) is 12.5 Å². The van der Waals surface area contributed by atoms with Gasteiger partial charge in [0.15, 0.2) is 0 Å². The first-order valence-corrected chi connectivity index (χ1v) is 9.12. The predicted octanol–water partition coefficient (Wildman–Crippen LogP) is 3.69. The smallest absolute Gasteiger partial charge is 0.223 e. The van der Waals surface area contributed by atoms with E-state index in [1.807, 2.05) is 17.7 Å². The zero-order valence-electron chi connectivity index (χ0n) is 14.3. The van der Waals surface area contributed by atoms with Gasteiger partial charge in [0.05, 0.1) is 23.6 Å². The van der Waals surface area contributed by atoms with Crippen LogP contribution in [0.5, 0.6) is 0 Å². The highest BCUT2D eigenvalue weighted by Crippen LogP contribution is 2.21. The minimum Gasteiger partial charge on any atom is -0.348 e. The van der Waals surface area contributed by atoms with Gasteiger partial charge in [0.25, 0.3) is 0 Å². The highest BCUT2D eigenvalue weighted by atomic mass is 32.1. The van der Waals surface area contributed by atoms with Crippen LogP contribution in [0, 0.1) is 6.92 Å². The maximum absolute atomic E-state index is 4.62. The number of hydrogen-bond acceptors (Lipinski definition) is 6. The van der Waals surface area contributed by atoms with Gasteiger partial charge in [-0.3, -0.25) is 4.68 Å². The molecule has 0 amide bonds. The number of nitrogens with one attached hydrogen (secondary N) is 1. The summed E-state index contributed by atoms with van der Waals surface area (Å²) in [4.78, 5) is 13.5. The molecule has 3 heterocycles. The third kappa shape index (κ3) is 3.79. The molecule has 0 aliphatic rings. The summed E-state index contributed by atoms with van der Waals surface area (Å²) in [6.45, 7) is 7.83. The van der Waals surface area contributed by atoms with Crippen molar-refractivity contribution < 1.29 is 0 Å². The van der Waals surface area contributed by atoms with Crippen LogP contribution in [0.15, 0.2) is 23.8 Å². The van der Waals surface area contributed by atoms with E-state index < -0.39 is 0 Å². The Balaban J connectivity index is 1.74. The molecule has 3 aromatic rings. The van der Waals surface area contributed by atoms with E-state index in [-0.39, 0.29) is 0 Å². The number of thiazole rings is 1. The van der Waals surface area contributed by atoms with E-state index in [9.17, 15) is 0 Å². The van der Waals surface area contributed by atoms with Crippen LogP contribution in [0.25, 0.3) is 11.3 Å². The number of rotatable bonds is 7. The van der Waals surface area contributed by atoms with E-state index in [1.165, 1.54) is 0 Å². The summed E-state index contributed by atoms with van der Waals surface area (Å²) in [5.74, 6) is 0.614. The summed E-state index contributed by atoms with van der Waals surface area (Å²) in [5, 5.41) is 10.9. The second-order valence-corrected chi connectivity index (χ2v) is 6.54. The quantitative estimate of drug-likeness (QED) is 0.709. The molecule has 0 bridgehead atoms. The Labute approximate surface area is 146 Å². The summed E-state index contributed by atoms with van der Waals surface area (Å²) in [6, 6.07) is 1.92. The molecule has 3 rings (SSSR count). The van der Waals surface area contributed by atoms with Crippen LogP contribution in [0.2, 0.25) is 0 Å². The standard InChI is InChI=1S/C17H22N6S/c1-4-8-23-10-14(12(3)22-23)15-6-7-18-17(21-15)19-9-16-20-13(5-2)11-24-16/h6-7,10-11H,4-5,8-9H2,1-3H3,(H,18,19,21). The Bertz CT molecular complexity index is 807. The zero-order valence-corrected chi connectivity index (χ0v) is 15.1. The molecule has 126 valence electrons. The maximum atomic E-state index is 4.62. The predicted molar refractivity (Wildman–Crippen MR) is 97.1 cm³/mol. The first-order chi connectivity index (χ1) is 11.7. The second kappa shape index (κ2) is 7.53. The van der Waals surface area contributed by atoms with Gasteiger partial charge in [-0.2, -0.15) is 5.10 Å². The van der Waals surface area contributed by atoms with Gasteiger partial charge in [-0.05, 0) is 25.8 Å². The summed E-state index contributed by atoms with van der Waals surface area (Å²) < 4.78 is 1.97. The summed E-state index contributed by atoms with van der Waals surface area (Å²) in [7, 11) is 0. The molecule has 0 unspecified atom stereocenters. The fourth-order valence-electron chi connectivity index (χ4n) is 2.45. The summed E-state index contributed by atoms with van der Waals surface area (Å²) in [6.07, 6.45) is 5.86. The van der Waals surface area contributed by atoms with Crippen LogP contribution in [-0.4, -0.2) is 24.7 Å². The normalized spacial score (nSPS) is 11.0. The Kier molecular flexibility index (Phi) is 5.20. The molecule has 0 aliphatic heterocycles. The highest BCUT2D eigenvalue weighted by molar-refractivity contribution is 7.09. The lowest BCUT2D eigenvalue weighted by molar-refractivity contribution is 0.598. The van der Waals surface area contributed by atoms with Crippen molar-refractivity contribution in [3.05, 3.63) is 40.2 Å². The lowest BCUT2D eigenvalue weighted by atomic mass is 10.2. The van der Waals surface area contributed by atoms with E-state index >= 15 is 0 Å². The average Bonchev–Trinajstić information content (AvgIpc) is 3.20. The number of hydrogen-bond donors (Lipinski definition) is 1. The number of aromatic nitrogens is 5. The zero-order chi connectivity index (χ0) is 16.9. The van der Waals surface area contributed by atoms with Crippen molar-refractivity contribution in [2.75, 3.05) is 5.32 Å². The van der Waals surface area contributed by atoms with Gasteiger partial charge < -0.3 is 5.32 Å². The fraction of sp³-hybridized carbons (Fsp3) is 0.412. The van der Waals surface area contributed by atoms with Crippen molar-refractivity contribution in [2.24, 2.45) is 0 Å². The van der Waals surface area contributed by atoms with Crippen molar-refractivity contribution in [3.63, 3.8) is 0 Å². The second-order valence-electron chi connectivity index (χ2n) is 5.60. The monoisotopic (exact) mass is 342 g/mol. The molecule has 6 nitrogen and oxygen atoms in total. The molecule has 0 saturated carbocycles. The molecule has 0 aliphatic carbocycles. The van der Waals surface area contributed by atoms with Gasteiger partial charge in [-0.15, -0.1) is 11.3 Å². The first-order valence-electron chi connectivity index (χ1n) is 8.24. The molecular formula is C17H22N6S. The molecule has 0 radical (unpaired) electrons. The Morgan fingerprint density at radius 2 is 2.12 bits per heavy atom. The molecule has 7 heteroatoms. The minimum absolute atomic E-state index is 0.614. The lowest BCUT2D eigenvalue weighted by Gasteiger charge is -2.04. The molecule has 0 fully saturated rings. The van der Waals surface area contributed by atoms with E-state index in [1.54, 1.807) is 17.5 Å². The van der Waals surface area contributed by atoms with E-state index in [0.717, 1.165) is 47.0 Å². The van der Waals surface area contributed by atoms with Crippen LogP contribution in [-0.2, 0) is 19.5 Å². The molecule has 0 aromatic carbocycles. The molecular weight excluding hydrogens is 320 g/mol. The Morgan fingerprint density at radius 3 is 2.88 bits per heavy atom. The van der Waals surface area contributed by atoms with Gasteiger partial charge in [-0.1, -0.05) is 13.8 Å². The molecule has 0 atom stereocenters. The Hall–Kier alpha value is -2.28. The van der Waals surface area contributed by atoms with Crippen molar-refractivity contribution in [2.45, 2.75) is 46.7 Å². The van der Waals surface area contributed by atoms with E-state index in [2.05, 4.69) is 50.8 Å². The average molecular weight is 342 g/mol. The van der Waals surface area contributed by atoms with Crippen molar-refractivity contribution in [3.8, 4) is 11.3 Å². The largest absolute Gasteiger partial charge is 0.348 e. The lowest BCUT2D eigenvalue weighted by Crippen LogP contribution is -2.04. The first kappa shape index (κ1) is 16.6. The number of aryl methyl sites for hydroxylation is 3. The highest BCUT2D eigenvalue weighted by Gasteiger charge is 2.10. The van der Waals surface area contributed by atoms with Crippen molar-refractivity contribution in [1.82, 2.24) is 24.7 Å². The van der Waals surface area contributed by atoms with Crippen LogP contribution in [0.3, 0.4) is 0 Å². The maximum Gasteiger partial charge on any atom is 0.223 e. The van der Waals surface area contributed by atoms with Gasteiger partial charge >= 0.3 is 0 Å². The third-order valence-electron chi connectivity index (χ3n) is 3.69. The molecule has 24 heavy (non-hydrogen) atoms. The minimum atomic E-state index is 0.614. The molecule has 0 saturated heterocycles. The molecule has 1 N–H and O–H groups in total. The Morgan fingerprint density at radius 1 is 1.25 bits per heavy atom. The van der Waals surface area contributed by atoms with Gasteiger partial charge in [0, 0.05) is 29.9 Å². The molecule has 0 spiro atoms. The van der Waals surface area contributed by atoms with Crippen molar-refractivity contribution in [1.29, 1.82) is 0 Å².